The Balaban J connectivity index is 1.39. The minimum absolute atomic E-state index is 0.0590. The SMILES string of the molecule is CN1CCN(CC(=O)N(C)c2ccc(N=C(c3ccccc3)C3C(=O)Nc4cc(Cl)ccc43)cc2)CC1. The largest absolute Gasteiger partial charge is 0.325 e. The van der Waals surface area contributed by atoms with Gasteiger partial charge in [0.05, 0.1) is 17.9 Å². The lowest BCUT2D eigenvalue weighted by Gasteiger charge is -2.32. The third kappa shape index (κ3) is 5.59. The molecule has 0 radical (unpaired) electrons. The van der Waals surface area contributed by atoms with Crippen LogP contribution in [0.2, 0.25) is 5.02 Å². The molecule has 7 nitrogen and oxygen atoms in total. The van der Waals surface area contributed by atoms with Gasteiger partial charge in [-0.05, 0) is 54.6 Å². The molecule has 0 bridgehead atoms. The van der Waals surface area contributed by atoms with Gasteiger partial charge in [0.2, 0.25) is 11.8 Å². The lowest BCUT2D eigenvalue weighted by molar-refractivity contribution is -0.120. The van der Waals surface area contributed by atoms with E-state index in [-0.39, 0.29) is 11.8 Å². The predicted molar refractivity (Wildman–Crippen MR) is 149 cm³/mol. The van der Waals surface area contributed by atoms with Crippen molar-refractivity contribution in [2.24, 2.45) is 4.99 Å². The Hall–Kier alpha value is -3.52. The summed E-state index contributed by atoms with van der Waals surface area (Å²) in [7, 11) is 3.91. The topological polar surface area (TPSA) is 68.2 Å². The van der Waals surface area contributed by atoms with Crippen LogP contribution in [0, 0.1) is 0 Å². The highest BCUT2D eigenvalue weighted by Crippen LogP contribution is 2.37. The van der Waals surface area contributed by atoms with E-state index in [1.807, 2.05) is 60.7 Å². The number of piperazine rings is 1. The number of carbonyl (C=O) groups is 2. The van der Waals surface area contributed by atoms with E-state index in [0.29, 0.717) is 28.7 Å². The van der Waals surface area contributed by atoms with Crippen LogP contribution in [0.4, 0.5) is 17.1 Å². The van der Waals surface area contributed by atoms with Gasteiger partial charge >= 0.3 is 0 Å². The number of nitrogens with one attached hydrogen (secondary N) is 1. The van der Waals surface area contributed by atoms with Crippen molar-refractivity contribution < 1.29 is 9.59 Å². The van der Waals surface area contributed by atoms with Crippen LogP contribution in [-0.4, -0.2) is 74.1 Å². The smallest absolute Gasteiger partial charge is 0.240 e. The van der Waals surface area contributed by atoms with Crippen molar-refractivity contribution in [2.45, 2.75) is 5.92 Å². The first kappa shape index (κ1) is 25.1. The summed E-state index contributed by atoms with van der Waals surface area (Å²) in [5.74, 6) is -0.628. The Morgan fingerprint density at radius 1 is 1.03 bits per heavy atom. The van der Waals surface area contributed by atoms with E-state index >= 15 is 0 Å². The number of anilines is 2. The summed E-state index contributed by atoms with van der Waals surface area (Å²) in [6.07, 6.45) is 0. The molecule has 0 saturated carbocycles. The molecule has 1 N–H and O–H groups in total. The van der Waals surface area contributed by atoms with Gasteiger partial charge in [-0.3, -0.25) is 19.5 Å². The molecule has 1 unspecified atom stereocenters. The number of hydrogen-bond donors (Lipinski definition) is 1. The van der Waals surface area contributed by atoms with Gasteiger partial charge < -0.3 is 15.1 Å². The van der Waals surface area contributed by atoms with Crippen LogP contribution in [0.25, 0.3) is 0 Å². The average molecular weight is 516 g/mol. The van der Waals surface area contributed by atoms with Gasteiger partial charge in [0.15, 0.2) is 0 Å². The number of amides is 2. The Morgan fingerprint density at radius 3 is 2.43 bits per heavy atom. The van der Waals surface area contributed by atoms with Crippen LogP contribution in [-0.2, 0) is 9.59 Å². The van der Waals surface area contributed by atoms with E-state index in [9.17, 15) is 9.59 Å². The Bertz CT molecular complexity index is 1320. The molecule has 3 aromatic rings. The van der Waals surface area contributed by atoms with Crippen LogP contribution >= 0.6 is 11.6 Å². The highest BCUT2D eigenvalue weighted by atomic mass is 35.5. The van der Waals surface area contributed by atoms with E-state index in [1.165, 1.54) is 0 Å². The Labute approximate surface area is 222 Å². The molecule has 1 saturated heterocycles. The number of carbonyl (C=O) groups excluding carboxylic acids is 2. The van der Waals surface area contributed by atoms with Crippen LogP contribution in [0.5, 0.6) is 0 Å². The van der Waals surface area contributed by atoms with Gasteiger partial charge in [-0.1, -0.05) is 48.0 Å². The minimum atomic E-state index is -0.554. The van der Waals surface area contributed by atoms with Crippen molar-refractivity contribution in [1.29, 1.82) is 0 Å². The Kier molecular flexibility index (Phi) is 7.37. The van der Waals surface area contributed by atoms with E-state index in [2.05, 4.69) is 22.2 Å². The van der Waals surface area contributed by atoms with Crippen LogP contribution in [0.3, 0.4) is 0 Å². The first-order chi connectivity index (χ1) is 17.9. The summed E-state index contributed by atoms with van der Waals surface area (Å²) < 4.78 is 0. The molecule has 0 aromatic heterocycles. The van der Waals surface area contributed by atoms with Gasteiger partial charge in [0.1, 0.15) is 5.92 Å². The van der Waals surface area contributed by atoms with Gasteiger partial charge in [-0.25, -0.2) is 0 Å². The van der Waals surface area contributed by atoms with Gasteiger partial charge in [0.25, 0.3) is 0 Å². The zero-order chi connectivity index (χ0) is 25.9. The third-order valence-corrected chi connectivity index (χ3v) is 7.24. The molecule has 0 aliphatic carbocycles. The maximum Gasteiger partial charge on any atom is 0.240 e. The maximum atomic E-state index is 13.1. The maximum absolute atomic E-state index is 13.1. The molecule has 2 amide bonds. The second-order valence-electron chi connectivity index (χ2n) is 9.57. The first-order valence-corrected chi connectivity index (χ1v) is 12.8. The number of halogens is 1. The van der Waals surface area contributed by atoms with Crippen LogP contribution in [0.1, 0.15) is 17.0 Å². The highest BCUT2D eigenvalue weighted by Gasteiger charge is 2.35. The summed E-state index contributed by atoms with van der Waals surface area (Å²) in [5, 5.41) is 3.51. The van der Waals surface area contributed by atoms with Crippen LogP contribution < -0.4 is 10.2 Å². The van der Waals surface area contributed by atoms with Crippen molar-refractivity contribution in [2.75, 3.05) is 57.0 Å². The zero-order valence-corrected chi connectivity index (χ0v) is 21.8. The molecule has 2 heterocycles. The molecule has 37 heavy (non-hydrogen) atoms. The van der Waals surface area contributed by atoms with Crippen molar-refractivity contribution in [3.8, 4) is 0 Å². The van der Waals surface area contributed by atoms with Crippen molar-refractivity contribution in [3.05, 3.63) is 88.9 Å². The fourth-order valence-corrected chi connectivity index (χ4v) is 4.92. The summed E-state index contributed by atoms with van der Waals surface area (Å²) >= 11 is 6.15. The quantitative estimate of drug-likeness (QED) is 0.494. The first-order valence-electron chi connectivity index (χ1n) is 12.4. The summed E-state index contributed by atoms with van der Waals surface area (Å²) in [5.41, 5.74) is 4.60. The number of rotatable bonds is 6. The van der Waals surface area contributed by atoms with Gasteiger partial charge in [-0.2, -0.15) is 0 Å². The van der Waals surface area contributed by atoms with Crippen LogP contribution in [0.15, 0.2) is 77.8 Å². The molecule has 2 aliphatic heterocycles. The van der Waals surface area contributed by atoms with Crippen molar-refractivity contribution in [3.63, 3.8) is 0 Å². The normalized spacial score (nSPS) is 18.4. The van der Waals surface area contributed by atoms with Crippen molar-refractivity contribution >= 4 is 46.2 Å². The molecule has 1 fully saturated rings. The molecule has 2 aliphatic rings. The monoisotopic (exact) mass is 515 g/mol. The average Bonchev–Trinajstić information content (AvgIpc) is 3.23. The van der Waals surface area contributed by atoms with E-state index in [0.717, 1.165) is 43.0 Å². The fourth-order valence-electron chi connectivity index (χ4n) is 4.75. The van der Waals surface area contributed by atoms with Crippen molar-refractivity contribution in [1.82, 2.24) is 9.80 Å². The number of hydrogen-bond acceptors (Lipinski definition) is 5. The predicted octanol–water partition coefficient (Wildman–Crippen LogP) is 4.41. The number of fused-ring (bicyclic) bond motifs is 1. The number of nitrogens with zero attached hydrogens (tertiary/aromatic N) is 4. The summed E-state index contributed by atoms with van der Waals surface area (Å²) in [4.78, 5) is 37.0. The molecule has 3 aromatic carbocycles. The number of aliphatic imine (C=N–C) groups is 1. The van der Waals surface area contributed by atoms with Gasteiger partial charge in [0, 0.05) is 49.6 Å². The molecule has 0 spiro atoms. The lowest BCUT2D eigenvalue weighted by Crippen LogP contribution is -2.48. The highest BCUT2D eigenvalue weighted by molar-refractivity contribution is 6.31. The lowest BCUT2D eigenvalue weighted by atomic mass is 9.90. The van der Waals surface area contributed by atoms with Gasteiger partial charge in [-0.15, -0.1) is 0 Å². The molecule has 5 rings (SSSR count). The Morgan fingerprint density at radius 2 is 1.73 bits per heavy atom. The number of benzene rings is 3. The molecular weight excluding hydrogens is 486 g/mol. The third-order valence-electron chi connectivity index (χ3n) is 7.00. The van der Waals surface area contributed by atoms with E-state index < -0.39 is 5.92 Å². The fraction of sp³-hybridized carbons (Fsp3) is 0.276. The minimum Gasteiger partial charge on any atom is -0.325 e. The molecule has 1 atom stereocenters. The second kappa shape index (κ2) is 10.8. The molecular formula is C29H30ClN5O2. The number of likely N-dealkylation sites (N-methyl/N-ethyl adjacent to an activating group) is 2. The second-order valence-corrected chi connectivity index (χ2v) is 10.0. The standard InChI is InChI=1S/C29H30ClN5O2/c1-33-14-16-35(17-15-33)19-26(36)34(2)23-11-9-22(10-12-23)31-28(20-6-4-3-5-7-20)27-24-13-8-21(30)18-25(24)32-29(27)37/h3-13,18,27H,14-17,19H2,1-2H3,(H,32,37). The molecule has 190 valence electrons. The zero-order valence-electron chi connectivity index (χ0n) is 21.0. The molecule has 8 heteroatoms. The summed E-state index contributed by atoms with van der Waals surface area (Å²) in [6, 6.07) is 22.7. The van der Waals surface area contributed by atoms with E-state index in [4.69, 9.17) is 16.6 Å². The van der Waals surface area contributed by atoms with E-state index in [1.54, 1.807) is 24.1 Å². The summed E-state index contributed by atoms with van der Waals surface area (Å²) in [6.45, 7) is 4.16.